The summed E-state index contributed by atoms with van der Waals surface area (Å²) in [5, 5.41) is 0. The zero-order valence-electron chi connectivity index (χ0n) is 10.1. The third-order valence-electron chi connectivity index (χ3n) is 3.76. The smallest absolute Gasteiger partial charge is 0.0241 e. The number of nitrogens with two attached hydrogens (primary N) is 1. The number of benzene rings is 1. The molecular weight excluding hydrogens is 196 g/mol. The highest BCUT2D eigenvalue weighted by Crippen LogP contribution is 2.31. The molecular formula is C14H22N2. The summed E-state index contributed by atoms with van der Waals surface area (Å²) >= 11 is 0. The van der Waals surface area contributed by atoms with Gasteiger partial charge in [0.2, 0.25) is 0 Å². The van der Waals surface area contributed by atoms with Crippen molar-refractivity contribution in [3.8, 4) is 0 Å². The van der Waals surface area contributed by atoms with E-state index in [0.29, 0.717) is 6.04 Å². The molecule has 1 atom stereocenters. The summed E-state index contributed by atoms with van der Waals surface area (Å²) < 4.78 is 0. The third-order valence-corrected chi connectivity index (χ3v) is 3.76. The third kappa shape index (κ3) is 2.83. The monoisotopic (exact) mass is 218 g/mol. The van der Waals surface area contributed by atoms with Crippen molar-refractivity contribution in [2.45, 2.75) is 45.1 Å². The van der Waals surface area contributed by atoms with Crippen LogP contribution in [0.1, 0.15) is 36.8 Å². The van der Waals surface area contributed by atoms with E-state index >= 15 is 0 Å². The Balaban J connectivity index is 1.85. The summed E-state index contributed by atoms with van der Waals surface area (Å²) in [6, 6.07) is 9.28. The van der Waals surface area contributed by atoms with Crippen LogP contribution < -0.4 is 11.3 Å². The van der Waals surface area contributed by atoms with Crippen molar-refractivity contribution in [1.82, 2.24) is 5.43 Å². The molecule has 0 heterocycles. The van der Waals surface area contributed by atoms with Gasteiger partial charge in [-0.3, -0.25) is 11.3 Å². The van der Waals surface area contributed by atoms with Gasteiger partial charge >= 0.3 is 0 Å². The Kier molecular flexibility index (Phi) is 3.97. The van der Waals surface area contributed by atoms with Crippen molar-refractivity contribution in [2.75, 3.05) is 0 Å². The fourth-order valence-electron chi connectivity index (χ4n) is 2.49. The lowest BCUT2D eigenvalue weighted by atomic mass is 9.78. The van der Waals surface area contributed by atoms with Crippen LogP contribution in [0.25, 0.3) is 0 Å². The first-order valence-corrected chi connectivity index (χ1v) is 6.31. The van der Waals surface area contributed by atoms with Crippen LogP contribution in [-0.4, -0.2) is 6.04 Å². The Morgan fingerprint density at radius 1 is 1.44 bits per heavy atom. The second kappa shape index (κ2) is 5.46. The van der Waals surface area contributed by atoms with Crippen LogP contribution in [0.4, 0.5) is 0 Å². The number of hydrazine groups is 1. The van der Waals surface area contributed by atoms with Crippen LogP contribution in [0.3, 0.4) is 0 Å². The van der Waals surface area contributed by atoms with Gasteiger partial charge in [-0.05, 0) is 44.1 Å². The Hall–Kier alpha value is -0.860. The zero-order chi connectivity index (χ0) is 11.4. The van der Waals surface area contributed by atoms with E-state index in [9.17, 15) is 0 Å². The molecule has 1 aromatic carbocycles. The summed E-state index contributed by atoms with van der Waals surface area (Å²) in [5.74, 6) is 6.44. The zero-order valence-corrected chi connectivity index (χ0v) is 10.1. The summed E-state index contributed by atoms with van der Waals surface area (Å²) in [7, 11) is 0. The Bertz CT molecular complexity index is 331. The highest BCUT2D eigenvalue weighted by molar-refractivity contribution is 5.22. The Morgan fingerprint density at radius 3 is 2.81 bits per heavy atom. The van der Waals surface area contributed by atoms with Crippen LogP contribution in [-0.2, 0) is 6.42 Å². The minimum absolute atomic E-state index is 0.509. The lowest BCUT2D eigenvalue weighted by Gasteiger charge is -2.33. The topological polar surface area (TPSA) is 38.0 Å². The van der Waals surface area contributed by atoms with Crippen molar-refractivity contribution in [3.05, 3.63) is 35.4 Å². The lowest BCUT2D eigenvalue weighted by Crippen LogP contribution is -2.43. The number of hydrogen-bond donors (Lipinski definition) is 2. The van der Waals surface area contributed by atoms with E-state index in [1.54, 1.807) is 0 Å². The molecule has 88 valence electrons. The average Bonchev–Trinajstić information content (AvgIpc) is 2.21. The predicted octanol–water partition coefficient (Wildman–Crippen LogP) is 2.56. The summed E-state index contributed by atoms with van der Waals surface area (Å²) in [6.45, 7) is 2.15. The Labute approximate surface area is 98.2 Å². The van der Waals surface area contributed by atoms with Gasteiger partial charge in [-0.1, -0.05) is 36.2 Å². The second-order valence-electron chi connectivity index (χ2n) is 4.99. The van der Waals surface area contributed by atoms with Gasteiger partial charge in [0.05, 0.1) is 0 Å². The first-order chi connectivity index (χ1) is 7.79. The maximum atomic E-state index is 5.63. The molecule has 1 aromatic rings. The van der Waals surface area contributed by atoms with Gasteiger partial charge in [-0.2, -0.15) is 0 Å². The largest absolute Gasteiger partial charge is 0.271 e. The molecule has 0 spiro atoms. The van der Waals surface area contributed by atoms with E-state index in [0.717, 1.165) is 18.8 Å². The molecule has 2 heteroatoms. The van der Waals surface area contributed by atoms with Gasteiger partial charge in [0.25, 0.3) is 0 Å². The average molecular weight is 218 g/mol. The Morgan fingerprint density at radius 2 is 2.25 bits per heavy atom. The fourth-order valence-corrected chi connectivity index (χ4v) is 2.49. The molecule has 2 nitrogen and oxygen atoms in total. The van der Waals surface area contributed by atoms with Gasteiger partial charge in [-0.25, -0.2) is 0 Å². The van der Waals surface area contributed by atoms with E-state index in [1.807, 2.05) is 0 Å². The molecule has 16 heavy (non-hydrogen) atoms. The molecule has 1 unspecified atom stereocenters. The van der Waals surface area contributed by atoms with Crippen LogP contribution >= 0.6 is 0 Å². The first kappa shape index (κ1) is 11.6. The minimum Gasteiger partial charge on any atom is -0.271 e. The number of hydrogen-bond acceptors (Lipinski definition) is 2. The summed E-state index contributed by atoms with van der Waals surface area (Å²) in [4.78, 5) is 0. The molecule has 0 radical (unpaired) electrons. The number of nitrogens with one attached hydrogen (secondary N) is 1. The fraction of sp³-hybridized carbons (Fsp3) is 0.571. The SMILES string of the molecule is Cc1cccc(CCC(NN)C2CCC2)c1. The number of aryl methyl sites for hydroxylation is 2. The highest BCUT2D eigenvalue weighted by atomic mass is 15.2. The van der Waals surface area contributed by atoms with E-state index in [1.165, 1.54) is 30.4 Å². The number of rotatable bonds is 5. The molecule has 0 saturated heterocycles. The normalized spacial score (nSPS) is 18.1. The molecule has 0 aliphatic heterocycles. The summed E-state index contributed by atoms with van der Waals surface area (Å²) in [5.41, 5.74) is 5.76. The van der Waals surface area contributed by atoms with Gasteiger partial charge in [0.1, 0.15) is 0 Å². The van der Waals surface area contributed by atoms with E-state index < -0.39 is 0 Å². The van der Waals surface area contributed by atoms with Crippen molar-refractivity contribution in [3.63, 3.8) is 0 Å². The standard InChI is InChI=1S/C14H22N2/c1-11-4-2-5-12(10-11)8-9-14(16-15)13-6-3-7-13/h2,4-5,10,13-14,16H,3,6-9,15H2,1H3. The molecule has 1 saturated carbocycles. The lowest BCUT2D eigenvalue weighted by molar-refractivity contribution is 0.221. The quantitative estimate of drug-likeness (QED) is 0.589. The van der Waals surface area contributed by atoms with Crippen LogP contribution in [0, 0.1) is 12.8 Å². The van der Waals surface area contributed by atoms with Crippen LogP contribution in [0.2, 0.25) is 0 Å². The van der Waals surface area contributed by atoms with Gasteiger partial charge in [0.15, 0.2) is 0 Å². The molecule has 1 aliphatic rings. The molecule has 1 fully saturated rings. The van der Waals surface area contributed by atoms with Crippen LogP contribution in [0.5, 0.6) is 0 Å². The minimum atomic E-state index is 0.509. The highest BCUT2D eigenvalue weighted by Gasteiger charge is 2.25. The molecule has 3 N–H and O–H groups in total. The van der Waals surface area contributed by atoms with E-state index in [4.69, 9.17) is 5.84 Å². The van der Waals surface area contributed by atoms with Crippen molar-refractivity contribution < 1.29 is 0 Å². The maximum absolute atomic E-state index is 5.63. The first-order valence-electron chi connectivity index (χ1n) is 6.31. The van der Waals surface area contributed by atoms with Gasteiger partial charge in [0, 0.05) is 6.04 Å². The molecule has 2 rings (SSSR count). The maximum Gasteiger partial charge on any atom is 0.0241 e. The van der Waals surface area contributed by atoms with Crippen molar-refractivity contribution >= 4 is 0 Å². The van der Waals surface area contributed by atoms with Crippen molar-refractivity contribution in [2.24, 2.45) is 11.8 Å². The molecule has 1 aliphatic carbocycles. The second-order valence-corrected chi connectivity index (χ2v) is 4.99. The van der Waals surface area contributed by atoms with E-state index in [-0.39, 0.29) is 0 Å². The summed E-state index contributed by atoms with van der Waals surface area (Å²) in [6.07, 6.45) is 6.37. The van der Waals surface area contributed by atoms with Crippen LogP contribution in [0.15, 0.2) is 24.3 Å². The van der Waals surface area contributed by atoms with Gasteiger partial charge < -0.3 is 0 Å². The van der Waals surface area contributed by atoms with E-state index in [2.05, 4.69) is 36.6 Å². The molecule has 0 amide bonds. The van der Waals surface area contributed by atoms with Gasteiger partial charge in [-0.15, -0.1) is 0 Å². The predicted molar refractivity (Wildman–Crippen MR) is 68.0 cm³/mol. The van der Waals surface area contributed by atoms with Crippen molar-refractivity contribution in [1.29, 1.82) is 0 Å². The molecule has 0 bridgehead atoms. The molecule has 0 aromatic heterocycles.